The molecule has 0 saturated carbocycles. The number of aryl methyl sites for hydroxylation is 1. The molecule has 3 aromatic rings. The molecular formula is C20H13BrClN3O5. The van der Waals surface area contributed by atoms with Gasteiger partial charge < -0.3 is 4.74 Å². The smallest absolute Gasteiger partial charge is 0.318 e. The van der Waals surface area contributed by atoms with Gasteiger partial charge in [0.25, 0.3) is 5.69 Å². The number of nitro benzene ring substituents is 2. The Kier molecular flexibility index (Phi) is 6.43. The second kappa shape index (κ2) is 9.02. The number of ether oxygens (including phenoxy) is 1. The number of halogens is 2. The molecule has 0 unspecified atom stereocenters. The van der Waals surface area contributed by atoms with E-state index in [1.165, 1.54) is 6.07 Å². The van der Waals surface area contributed by atoms with Crippen molar-refractivity contribution in [3.63, 3.8) is 0 Å². The van der Waals surface area contributed by atoms with Crippen molar-refractivity contribution in [2.45, 2.75) is 6.92 Å². The van der Waals surface area contributed by atoms with Crippen LogP contribution in [0.2, 0.25) is 5.02 Å². The maximum absolute atomic E-state index is 11.4. The molecule has 0 N–H and O–H groups in total. The van der Waals surface area contributed by atoms with Crippen LogP contribution in [0.15, 0.2) is 64.1 Å². The molecule has 0 amide bonds. The van der Waals surface area contributed by atoms with Crippen molar-refractivity contribution in [2.75, 3.05) is 0 Å². The number of nitro groups is 2. The normalized spacial score (nSPS) is 10.9. The minimum absolute atomic E-state index is 0.124. The van der Waals surface area contributed by atoms with Gasteiger partial charge in [0.15, 0.2) is 0 Å². The molecule has 0 atom stereocenters. The average Bonchev–Trinajstić information content (AvgIpc) is 2.70. The molecule has 0 aliphatic carbocycles. The predicted octanol–water partition coefficient (Wildman–Crippen LogP) is 6.77. The third-order valence-electron chi connectivity index (χ3n) is 4.06. The summed E-state index contributed by atoms with van der Waals surface area (Å²) >= 11 is 9.40. The first-order valence-electron chi connectivity index (χ1n) is 8.45. The van der Waals surface area contributed by atoms with Gasteiger partial charge in [-0.15, -0.1) is 0 Å². The lowest BCUT2D eigenvalue weighted by Gasteiger charge is -2.10. The van der Waals surface area contributed by atoms with Crippen molar-refractivity contribution < 1.29 is 14.6 Å². The Hall–Kier alpha value is -3.30. The zero-order valence-electron chi connectivity index (χ0n) is 15.4. The zero-order valence-corrected chi connectivity index (χ0v) is 17.8. The fraction of sp³-hybridized carbons (Fsp3) is 0.0500. The van der Waals surface area contributed by atoms with E-state index in [4.69, 9.17) is 16.3 Å². The number of hydrogen-bond acceptors (Lipinski definition) is 6. The number of nitrogens with zero attached hydrogens (tertiary/aromatic N) is 3. The summed E-state index contributed by atoms with van der Waals surface area (Å²) in [5.74, 6) is 0.167. The number of non-ortho nitro benzene ring substituents is 1. The van der Waals surface area contributed by atoms with Crippen LogP contribution in [0.3, 0.4) is 0 Å². The fourth-order valence-corrected chi connectivity index (χ4v) is 3.09. The van der Waals surface area contributed by atoms with E-state index in [0.717, 1.165) is 22.2 Å². The van der Waals surface area contributed by atoms with Crippen molar-refractivity contribution >= 4 is 50.8 Å². The Morgan fingerprint density at radius 1 is 1.00 bits per heavy atom. The maximum atomic E-state index is 11.4. The molecule has 0 fully saturated rings. The van der Waals surface area contributed by atoms with E-state index in [-0.39, 0.29) is 5.75 Å². The van der Waals surface area contributed by atoms with Gasteiger partial charge >= 0.3 is 5.69 Å². The van der Waals surface area contributed by atoms with Gasteiger partial charge in [0.05, 0.1) is 21.6 Å². The molecule has 8 nitrogen and oxygen atoms in total. The van der Waals surface area contributed by atoms with E-state index in [2.05, 4.69) is 20.9 Å². The zero-order chi connectivity index (χ0) is 21.8. The summed E-state index contributed by atoms with van der Waals surface area (Å²) in [5.41, 5.74) is 1.20. The Balaban J connectivity index is 2.00. The average molecular weight is 491 g/mol. The van der Waals surface area contributed by atoms with Crippen LogP contribution in [0.4, 0.5) is 17.1 Å². The van der Waals surface area contributed by atoms with E-state index in [1.54, 1.807) is 36.5 Å². The van der Waals surface area contributed by atoms with Crippen LogP contribution >= 0.6 is 27.5 Å². The first-order valence-corrected chi connectivity index (χ1v) is 9.62. The van der Waals surface area contributed by atoms with Crippen LogP contribution in [0.5, 0.6) is 11.5 Å². The summed E-state index contributed by atoms with van der Waals surface area (Å²) in [6.45, 7) is 1.89. The Labute approximate surface area is 184 Å². The molecule has 30 heavy (non-hydrogen) atoms. The number of aliphatic imine (C=N–C) groups is 1. The lowest BCUT2D eigenvalue weighted by Crippen LogP contribution is -1.97. The Bertz CT molecular complexity index is 1180. The van der Waals surface area contributed by atoms with E-state index in [0.29, 0.717) is 22.0 Å². The monoisotopic (exact) mass is 489 g/mol. The minimum atomic E-state index is -0.732. The van der Waals surface area contributed by atoms with Crippen molar-refractivity contribution in [3.05, 3.63) is 95.4 Å². The minimum Gasteiger partial charge on any atom is -0.449 e. The van der Waals surface area contributed by atoms with Crippen molar-refractivity contribution in [3.8, 4) is 11.5 Å². The largest absolute Gasteiger partial charge is 0.449 e. The van der Waals surface area contributed by atoms with Crippen LogP contribution in [0.25, 0.3) is 0 Å². The lowest BCUT2D eigenvalue weighted by molar-refractivity contribution is -0.394. The molecule has 3 rings (SSSR count). The van der Waals surface area contributed by atoms with Crippen LogP contribution in [0.1, 0.15) is 11.1 Å². The van der Waals surface area contributed by atoms with Gasteiger partial charge in [-0.1, -0.05) is 33.6 Å². The Morgan fingerprint density at radius 3 is 2.43 bits per heavy atom. The van der Waals surface area contributed by atoms with Gasteiger partial charge in [-0.3, -0.25) is 25.2 Å². The van der Waals surface area contributed by atoms with Crippen molar-refractivity contribution in [1.29, 1.82) is 0 Å². The molecule has 0 aliphatic rings. The van der Waals surface area contributed by atoms with E-state index in [9.17, 15) is 20.2 Å². The van der Waals surface area contributed by atoms with E-state index >= 15 is 0 Å². The van der Waals surface area contributed by atoms with Crippen molar-refractivity contribution in [2.24, 2.45) is 4.99 Å². The van der Waals surface area contributed by atoms with Crippen LogP contribution < -0.4 is 4.74 Å². The van der Waals surface area contributed by atoms with Gasteiger partial charge in [0, 0.05) is 27.3 Å². The molecule has 0 spiro atoms. The van der Waals surface area contributed by atoms with Gasteiger partial charge in [-0.25, -0.2) is 0 Å². The third-order valence-corrected chi connectivity index (χ3v) is 4.78. The Morgan fingerprint density at radius 2 is 1.73 bits per heavy atom. The molecule has 0 heterocycles. The topological polar surface area (TPSA) is 108 Å². The molecule has 10 heteroatoms. The molecule has 152 valence electrons. The highest BCUT2D eigenvalue weighted by Crippen LogP contribution is 2.36. The maximum Gasteiger partial charge on any atom is 0.318 e. The standard InChI is InChI=1S/C20H13BrClN3O5/c1-12-2-4-15(22)9-17(12)23-11-13-8-14(21)3-6-19(13)30-20-7-5-16(24(26)27)10-18(20)25(28)29/h2-11H,1H3. The first kappa shape index (κ1) is 21.4. The van der Waals surface area contributed by atoms with Gasteiger partial charge in [-0.05, 0) is 48.9 Å². The summed E-state index contributed by atoms with van der Waals surface area (Å²) in [6.07, 6.45) is 1.55. The SMILES string of the molecule is Cc1ccc(Cl)cc1N=Cc1cc(Br)ccc1Oc1ccc([N+](=O)[O-])cc1[N+](=O)[O-]. The lowest BCUT2D eigenvalue weighted by atomic mass is 10.2. The summed E-state index contributed by atoms with van der Waals surface area (Å²) in [7, 11) is 0. The summed E-state index contributed by atoms with van der Waals surface area (Å²) in [5, 5.41) is 22.8. The number of benzene rings is 3. The second-order valence-electron chi connectivity index (χ2n) is 6.14. The molecule has 3 aromatic carbocycles. The van der Waals surface area contributed by atoms with Crippen LogP contribution in [-0.4, -0.2) is 16.1 Å². The summed E-state index contributed by atoms with van der Waals surface area (Å²) in [6, 6.07) is 13.6. The van der Waals surface area contributed by atoms with E-state index < -0.39 is 21.2 Å². The summed E-state index contributed by atoms with van der Waals surface area (Å²) in [4.78, 5) is 25.3. The molecule has 0 saturated heterocycles. The van der Waals surface area contributed by atoms with Gasteiger partial charge in [0.2, 0.25) is 5.75 Å². The molecule has 0 aromatic heterocycles. The highest BCUT2D eigenvalue weighted by atomic mass is 79.9. The molecular weight excluding hydrogens is 478 g/mol. The van der Waals surface area contributed by atoms with Crippen LogP contribution in [-0.2, 0) is 0 Å². The van der Waals surface area contributed by atoms with Crippen LogP contribution in [0, 0.1) is 27.2 Å². The third kappa shape index (κ3) is 5.00. The van der Waals surface area contributed by atoms with Crippen molar-refractivity contribution in [1.82, 2.24) is 0 Å². The molecule has 0 bridgehead atoms. The number of rotatable bonds is 6. The fourth-order valence-electron chi connectivity index (χ4n) is 2.54. The van der Waals surface area contributed by atoms with Gasteiger partial charge in [0.1, 0.15) is 5.75 Å². The first-order chi connectivity index (χ1) is 14.2. The highest BCUT2D eigenvalue weighted by molar-refractivity contribution is 9.10. The highest BCUT2D eigenvalue weighted by Gasteiger charge is 2.21. The quantitative estimate of drug-likeness (QED) is 0.215. The second-order valence-corrected chi connectivity index (χ2v) is 7.49. The predicted molar refractivity (Wildman–Crippen MR) is 117 cm³/mol. The number of hydrogen-bond donors (Lipinski definition) is 0. The summed E-state index contributed by atoms with van der Waals surface area (Å²) < 4.78 is 6.48. The molecule has 0 radical (unpaired) electrons. The van der Waals surface area contributed by atoms with Gasteiger partial charge in [-0.2, -0.15) is 0 Å². The van der Waals surface area contributed by atoms with E-state index in [1.807, 2.05) is 13.0 Å². The molecule has 0 aliphatic heterocycles.